The molecule has 0 aliphatic rings. The van der Waals surface area contributed by atoms with Gasteiger partial charge in [0.15, 0.2) is 15.6 Å². The molecular formula is C16H15BrFN3OS. The first-order valence-corrected chi connectivity index (χ1v) is 8.90. The summed E-state index contributed by atoms with van der Waals surface area (Å²) in [6.45, 7) is 4.15. The van der Waals surface area contributed by atoms with Crippen molar-refractivity contribution in [1.82, 2.24) is 14.8 Å². The number of nitrogens with zero attached hydrogens (tertiary/aromatic N) is 3. The van der Waals surface area contributed by atoms with Gasteiger partial charge in [-0.05, 0) is 59.6 Å². The molecule has 0 aliphatic carbocycles. The van der Waals surface area contributed by atoms with Crippen molar-refractivity contribution in [2.45, 2.75) is 30.8 Å². The standard InChI is InChI=1S/C16H15BrFN3OS/c1-10(2)21-15(13-7-8-14(17)22-13)19-20-16(21)23-9-11-3-5-12(18)6-4-11/h3-8,10H,9H2,1-2H3. The Bertz CT molecular complexity index is 798. The van der Waals surface area contributed by atoms with Crippen LogP contribution in [0.25, 0.3) is 11.6 Å². The SMILES string of the molecule is CC(C)n1c(SCc2ccc(F)cc2)nnc1-c1ccc(Br)o1. The molecule has 0 saturated carbocycles. The van der Waals surface area contributed by atoms with Crippen LogP contribution in [0.15, 0.2) is 50.6 Å². The molecule has 0 N–H and O–H groups in total. The molecule has 0 atom stereocenters. The maximum Gasteiger partial charge on any atom is 0.200 e. The van der Waals surface area contributed by atoms with Crippen LogP contribution in [0.2, 0.25) is 0 Å². The van der Waals surface area contributed by atoms with Gasteiger partial charge in [-0.15, -0.1) is 10.2 Å². The van der Waals surface area contributed by atoms with Gasteiger partial charge in [-0.3, -0.25) is 4.57 Å². The zero-order chi connectivity index (χ0) is 16.4. The van der Waals surface area contributed by atoms with Crippen LogP contribution in [0, 0.1) is 5.82 Å². The molecule has 1 aromatic carbocycles. The highest BCUT2D eigenvalue weighted by Crippen LogP contribution is 2.31. The number of rotatable bonds is 5. The molecule has 0 spiro atoms. The van der Waals surface area contributed by atoms with Crippen molar-refractivity contribution in [2.24, 2.45) is 0 Å². The Morgan fingerprint density at radius 1 is 1.17 bits per heavy atom. The average Bonchev–Trinajstić information content (AvgIpc) is 3.12. The molecule has 7 heteroatoms. The fraction of sp³-hybridized carbons (Fsp3) is 0.250. The zero-order valence-electron chi connectivity index (χ0n) is 12.7. The monoisotopic (exact) mass is 395 g/mol. The quantitative estimate of drug-likeness (QED) is 0.548. The lowest BCUT2D eigenvalue weighted by Gasteiger charge is -2.12. The predicted molar refractivity (Wildman–Crippen MR) is 91.8 cm³/mol. The number of hydrogen-bond donors (Lipinski definition) is 0. The van der Waals surface area contributed by atoms with E-state index in [9.17, 15) is 4.39 Å². The van der Waals surface area contributed by atoms with E-state index in [4.69, 9.17) is 4.42 Å². The lowest BCUT2D eigenvalue weighted by Crippen LogP contribution is -2.04. The largest absolute Gasteiger partial charge is 0.446 e. The molecule has 3 aromatic rings. The van der Waals surface area contributed by atoms with Gasteiger partial charge in [0, 0.05) is 11.8 Å². The third-order valence-corrected chi connectivity index (χ3v) is 4.70. The number of aromatic nitrogens is 3. The number of hydrogen-bond acceptors (Lipinski definition) is 4. The number of halogens is 2. The van der Waals surface area contributed by atoms with Crippen LogP contribution >= 0.6 is 27.7 Å². The second kappa shape index (κ2) is 6.88. The summed E-state index contributed by atoms with van der Waals surface area (Å²) >= 11 is 4.88. The van der Waals surface area contributed by atoms with Crippen LogP contribution < -0.4 is 0 Å². The second-order valence-electron chi connectivity index (χ2n) is 5.29. The summed E-state index contributed by atoms with van der Waals surface area (Å²) in [6.07, 6.45) is 0. The molecule has 3 rings (SSSR count). The Morgan fingerprint density at radius 3 is 2.52 bits per heavy atom. The summed E-state index contributed by atoms with van der Waals surface area (Å²) in [4.78, 5) is 0. The van der Waals surface area contributed by atoms with Gasteiger partial charge in [-0.1, -0.05) is 23.9 Å². The first-order chi connectivity index (χ1) is 11.0. The molecule has 23 heavy (non-hydrogen) atoms. The average molecular weight is 396 g/mol. The van der Waals surface area contributed by atoms with Crippen molar-refractivity contribution < 1.29 is 8.81 Å². The smallest absolute Gasteiger partial charge is 0.200 e. The normalized spacial score (nSPS) is 11.3. The van der Waals surface area contributed by atoms with E-state index in [0.717, 1.165) is 10.7 Å². The summed E-state index contributed by atoms with van der Waals surface area (Å²) in [6, 6.07) is 10.4. The van der Waals surface area contributed by atoms with Gasteiger partial charge < -0.3 is 4.42 Å². The minimum absolute atomic E-state index is 0.194. The van der Waals surface area contributed by atoms with Gasteiger partial charge in [0.05, 0.1) is 0 Å². The first-order valence-electron chi connectivity index (χ1n) is 7.12. The molecule has 120 valence electrons. The Balaban J connectivity index is 1.84. The molecular weight excluding hydrogens is 381 g/mol. The molecule has 0 bridgehead atoms. The zero-order valence-corrected chi connectivity index (χ0v) is 15.1. The van der Waals surface area contributed by atoms with Gasteiger partial charge in [-0.2, -0.15) is 0 Å². The van der Waals surface area contributed by atoms with Crippen molar-refractivity contribution in [2.75, 3.05) is 0 Å². The van der Waals surface area contributed by atoms with Gasteiger partial charge >= 0.3 is 0 Å². The van der Waals surface area contributed by atoms with Crippen molar-refractivity contribution in [3.63, 3.8) is 0 Å². The Labute approximate surface area is 146 Å². The van der Waals surface area contributed by atoms with E-state index in [1.807, 2.05) is 16.7 Å². The van der Waals surface area contributed by atoms with Crippen LogP contribution in [-0.4, -0.2) is 14.8 Å². The fourth-order valence-electron chi connectivity index (χ4n) is 2.17. The second-order valence-corrected chi connectivity index (χ2v) is 7.01. The van der Waals surface area contributed by atoms with Gasteiger partial charge in [0.2, 0.25) is 5.82 Å². The molecule has 0 radical (unpaired) electrons. The molecule has 0 saturated heterocycles. The molecule has 0 unspecified atom stereocenters. The van der Waals surface area contributed by atoms with Crippen molar-refractivity contribution in [1.29, 1.82) is 0 Å². The highest BCUT2D eigenvalue weighted by atomic mass is 79.9. The van der Waals surface area contributed by atoms with E-state index in [-0.39, 0.29) is 11.9 Å². The Morgan fingerprint density at radius 2 is 1.91 bits per heavy atom. The van der Waals surface area contributed by atoms with E-state index >= 15 is 0 Å². The van der Waals surface area contributed by atoms with E-state index in [1.54, 1.807) is 23.9 Å². The maximum absolute atomic E-state index is 13.0. The summed E-state index contributed by atoms with van der Waals surface area (Å²) in [5, 5.41) is 9.36. The van der Waals surface area contributed by atoms with Gasteiger partial charge in [-0.25, -0.2) is 4.39 Å². The lowest BCUT2D eigenvalue weighted by molar-refractivity contribution is 0.519. The molecule has 4 nitrogen and oxygen atoms in total. The fourth-order valence-corrected chi connectivity index (χ4v) is 3.50. The van der Waals surface area contributed by atoms with Gasteiger partial charge in [0.1, 0.15) is 5.82 Å². The third-order valence-electron chi connectivity index (χ3n) is 3.26. The number of thioether (sulfide) groups is 1. The van der Waals surface area contributed by atoms with Crippen LogP contribution in [0.1, 0.15) is 25.5 Å². The highest BCUT2D eigenvalue weighted by Gasteiger charge is 2.19. The molecule has 0 fully saturated rings. The summed E-state index contributed by atoms with van der Waals surface area (Å²) in [7, 11) is 0. The topological polar surface area (TPSA) is 43.9 Å². The van der Waals surface area contributed by atoms with Crippen LogP contribution in [0.3, 0.4) is 0 Å². The van der Waals surface area contributed by atoms with E-state index < -0.39 is 0 Å². The van der Waals surface area contributed by atoms with E-state index in [1.165, 1.54) is 12.1 Å². The highest BCUT2D eigenvalue weighted by molar-refractivity contribution is 9.10. The molecule has 0 aliphatic heterocycles. The predicted octanol–water partition coefficient (Wildman–Crippen LogP) is 5.31. The first kappa shape index (κ1) is 16.3. The summed E-state index contributed by atoms with van der Waals surface area (Å²) < 4.78 is 21.3. The van der Waals surface area contributed by atoms with Crippen molar-refractivity contribution in [3.05, 3.63) is 52.4 Å². The Kier molecular flexibility index (Phi) is 4.87. The van der Waals surface area contributed by atoms with E-state index in [2.05, 4.69) is 40.0 Å². The number of furan rings is 1. The minimum Gasteiger partial charge on any atom is -0.446 e. The maximum atomic E-state index is 13.0. The van der Waals surface area contributed by atoms with Gasteiger partial charge in [0.25, 0.3) is 0 Å². The van der Waals surface area contributed by atoms with E-state index in [0.29, 0.717) is 22.0 Å². The molecule has 2 aromatic heterocycles. The van der Waals surface area contributed by atoms with Crippen molar-refractivity contribution in [3.8, 4) is 11.6 Å². The summed E-state index contributed by atoms with van der Waals surface area (Å²) in [5.74, 6) is 1.85. The van der Waals surface area contributed by atoms with Crippen molar-refractivity contribution >= 4 is 27.7 Å². The van der Waals surface area contributed by atoms with Crippen LogP contribution in [-0.2, 0) is 5.75 Å². The summed E-state index contributed by atoms with van der Waals surface area (Å²) in [5.41, 5.74) is 1.04. The van der Waals surface area contributed by atoms with Crippen LogP contribution in [0.5, 0.6) is 0 Å². The van der Waals surface area contributed by atoms with Crippen LogP contribution in [0.4, 0.5) is 4.39 Å². The Hall–Kier alpha value is -1.60. The minimum atomic E-state index is -0.227. The lowest BCUT2D eigenvalue weighted by atomic mass is 10.2. The molecule has 2 heterocycles. The number of benzene rings is 1. The molecule has 0 amide bonds. The third kappa shape index (κ3) is 3.67.